The van der Waals surface area contributed by atoms with Gasteiger partial charge in [-0.25, -0.2) is 4.79 Å². The largest absolute Gasteiger partial charge is 0.390 e. The molecule has 0 aromatic rings. The van der Waals surface area contributed by atoms with Crippen molar-refractivity contribution in [1.29, 1.82) is 0 Å². The maximum Gasteiger partial charge on any atom is 0.337 e. The van der Waals surface area contributed by atoms with Crippen LogP contribution < -0.4 is 0 Å². The maximum absolute atomic E-state index is 11.1. The highest BCUT2D eigenvalue weighted by Crippen LogP contribution is 2.35. The lowest BCUT2D eigenvalue weighted by atomic mass is 10.1. The van der Waals surface area contributed by atoms with E-state index >= 15 is 0 Å². The molecular formula is C14H25O6P. The molecule has 0 bridgehead atoms. The van der Waals surface area contributed by atoms with Crippen molar-refractivity contribution in [2.24, 2.45) is 0 Å². The van der Waals surface area contributed by atoms with Crippen LogP contribution in [0, 0.1) is 0 Å². The molecule has 0 rings (SSSR count). The van der Waals surface area contributed by atoms with Gasteiger partial charge in [-0.1, -0.05) is 45.1 Å². The lowest BCUT2D eigenvalue weighted by Gasteiger charge is -2.04. The minimum Gasteiger partial charge on any atom is -0.390 e. The molecule has 0 aromatic carbocycles. The van der Waals surface area contributed by atoms with Crippen molar-refractivity contribution in [2.45, 2.75) is 57.8 Å². The first-order valence-corrected chi connectivity index (χ1v) is 9.06. The van der Waals surface area contributed by atoms with Crippen molar-refractivity contribution >= 4 is 19.5 Å². The summed E-state index contributed by atoms with van der Waals surface area (Å²) >= 11 is 0. The smallest absolute Gasteiger partial charge is 0.337 e. The van der Waals surface area contributed by atoms with Gasteiger partial charge in [0.05, 0.1) is 0 Å². The van der Waals surface area contributed by atoms with Crippen molar-refractivity contribution in [3.05, 3.63) is 12.7 Å². The Kier molecular flexibility index (Phi) is 11.1. The van der Waals surface area contributed by atoms with Gasteiger partial charge in [-0.2, -0.15) is 0 Å². The summed E-state index contributed by atoms with van der Waals surface area (Å²) in [5.74, 6) is -1.23. The van der Waals surface area contributed by atoms with Crippen molar-refractivity contribution < 1.29 is 28.7 Å². The molecule has 6 nitrogen and oxygen atoms in total. The second-order valence-electron chi connectivity index (χ2n) is 4.96. The normalized spacial score (nSPS) is 11.1. The molecule has 0 fully saturated rings. The molecule has 2 N–H and O–H groups in total. The van der Waals surface area contributed by atoms with Gasteiger partial charge in [0.25, 0.3) is 0 Å². The maximum atomic E-state index is 11.1. The first-order valence-electron chi connectivity index (χ1n) is 7.27. The Balaban J connectivity index is 3.29. The zero-order valence-electron chi connectivity index (χ0n) is 12.3. The summed E-state index contributed by atoms with van der Waals surface area (Å²) in [5.41, 5.74) is 0. The Hall–Kier alpha value is -0.970. The summed E-state index contributed by atoms with van der Waals surface area (Å²) < 4.78 is 15.0. The molecule has 0 spiro atoms. The van der Waals surface area contributed by atoms with Crippen LogP contribution in [0.1, 0.15) is 57.8 Å². The Morgan fingerprint density at radius 3 is 1.90 bits per heavy atom. The van der Waals surface area contributed by atoms with E-state index in [1.807, 2.05) is 0 Å². The highest BCUT2D eigenvalue weighted by Gasteiger charge is 2.11. The average Bonchev–Trinajstić information content (AvgIpc) is 2.39. The van der Waals surface area contributed by atoms with E-state index in [1.54, 1.807) is 0 Å². The van der Waals surface area contributed by atoms with Gasteiger partial charge in [0.2, 0.25) is 0 Å². The molecule has 0 unspecified atom stereocenters. The fourth-order valence-corrected chi connectivity index (χ4v) is 2.49. The van der Waals surface area contributed by atoms with E-state index in [0.29, 0.717) is 12.8 Å². The summed E-state index contributed by atoms with van der Waals surface area (Å²) in [4.78, 5) is 39.2. The van der Waals surface area contributed by atoms with Crippen LogP contribution in [0.3, 0.4) is 0 Å². The third-order valence-electron chi connectivity index (χ3n) is 2.96. The Morgan fingerprint density at radius 1 is 0.952 bits per heavy atom. The second-order valence-corrected chi connectivity index (χ2v) is 6.74. The average molecular weight is 320 g/mol. The highest BCUT2D eigenvalue weighted by atomic mass is 31.2. The van der Waals surface area contributed by atoms with Crippen LogP contribution in [0.15, 0.2) is 12.7 Å². The van der Waals surface area contributed by atoms with Crippen LogP contribution in [-0.4, -0.2) is 27.9 Å². The van der Waals surface area contributed by atoms with Crippen LogP contribution in [0.4, 0.5) is 0 Å². The SMILES string of the molecule is C=CC(=O)OC(=O)CCCCCCCCCCP(=O)(O)O. The summed E-state index contributed by atoms with van der Waals surface area (Å²) in [6.45, 7) is 3.21. The number of carbonyl (C=O) groups excluding carboxylic acids is 2. The molecule has 0 heterocycles. The van der Waals surface area contributed by atoms with Gasteiger partial charge in [-0.05, 0) is 12.8 Å². The van der Waals surface area contributed by atoms with E-state index in [-0.39, 0.29) is 12.6 Å². The third kappa shape index (κ3) is 15.2. The van der Waals surface area contributed by atoms with Crippen LogP contribution in [0.25, 0.3) is 0 Å². The predicted molar refractivity (Wildman–Crippen MR) is 79.8 cm³/mol. The zero-order valence-corrected chi connectivity index (χ0v) is 13.2. The van der Waals surface area contributed by atoms with E-state index in [1.165, 1.54) is 0 Å². The van der Waals surface area contributed by atoms with E-state index in [0.717, 1.165) is 44.6 Å². The molecule has 0 amide bonds. The number of esters is 2. The fraction of sp³-hybridized carbons (Fsp3) is 0.714. The van der Waals surface area contributed by atoms with Crippen LogP contribution in [-0.2, 0) is 18.9 Å². The monoisotopic (exact) mass is 320 g/mol. The second kappa shape index (κ2) is 11.7. The molecule has 0 atom stereocenters. The topological polar surface area (TPSA) is 101 Å². The number of hydrogen-bond acceptors (Lipinski definition) is 4. The van der Waals surface area contributed by atoms with Crippen LogP contribution >= 0.6 is 7.60 Å². The van der Waals surface area contributed by atoms with Crippen LogP contribution in [0.2, 0.25) is 0 Å². The number of ether oxygens (including phenoxy) is 1. The number of hydrogen-bond donors (Lipinski definition) is 2. The molecule has 0 radical (unpaired) electrons. The molecule has 122 valence electrons. The van der Waals surface area contributed by atoms with Gasteiger partial charge >= 0.3 is 19.5 Å². The first-order chi connectivity index (χ1) is 9.85. The Bertz CT molecular complexity index is 374. The molecule has 0 saturated carbocycles. The minimum absolute atomic E-state index is 0.0292. The Morgan fingerprint density at radius 2 is 1.43 bits per heavy atom. The standard InChI is InChI=1S/C14H25O6P/c1-2-13(15)20-14(16)11-9-7-5-3-4-6-8-10-12-21(17,18)19/h2H,1,3-12H2,(H2,17,18,19). The van der Waals surface area contributed by atoms with E-state index < -0.39 is 19.5 Å². The number of rotatable bonds is 12. The molecule has 0 aromatic heterocycles. The highest BCUT2D eigenvalue weighted by molar-refractivity contribution is 7.51. The van der Waals surface area contributed by atoms with Crippen molar-refractivity contribution in [1.82, 2.24) is 0 Å². The molecule has 0 saturated heterocycles. The Labute approximate surface area is 125 Å². The summed E-state index contributed by atoms with van der Waals surface area (Å²) in [6.07, 6.45) is 8.20. The first kappa shape index (κ1) is 20.0. The molecule has 7 heteroatoms. The minimum atomic E-state index is -3.83. The number of unbranched alkanes of at least 4 members (excludes halogenated alkanes) is 7. The van der Waals surface area contributed by atoms with Crippen molar-refractivity contribution in [3.8, 4) is 0 Å². The van der Waals surface area contributed by atoms with E-state index in [9.17, 15) is 14.2 Å². The predicted octanol–water partition coefficient (Wildman–Crippen LogP) is 2.93. The molecular weight excluding hydrogens is 295 g/mol. The third-order valence-corrected chi connectivity index (χ3v) is 3.86. The molecule has 0 aliphatic carbocycles. The zero-order chi connectivity index (χ0) is 16.1. The van der Waals surface area contributed by atoms with E-state index in [2.05, 4.69) is 11.3 Å². The van der Waals surface area contributed by atoms with Gasteiger partial charge < -0.3 is 14.5 Å². The van der Waals surface area contributed by atoms with Gasteiger partial charge in [0.15, 0.2) is 0 Å². The molecule has 0 aliphatic rings. The van der Waals surface area contributed by atoms with Gasteiger partial charge in [0.1, 0.15) is 0 Å². The molecule has 0 aliphatic heterocycles. The molecule has 21 heavy (non-hydrogen) atoms. The fourth-order valence-electron chi connectivity index (χ4n) is 1.85. The van der Waals surface area contributed by atoms with Gasteiger partial charge in [-0.15, -0.1) is 0 Å². The van der Waals surface area contributed by atoms with Crippen LogP contribution in [0.5, 0.6) is 0 Å². The summed E-state index contributed by atoms with van der Waals surface area (Å²) in [5, 5.41) is 0. The lowest BCUT2D eigenvalue weighted by Crippen LogP contribution is -2.09. The van der Waals surface area contributed by atoms with Gasteiger partial charge in [-0.3, -0.25) is 9.36 Å². The lowest BCUT2D eigenvalue weighted by molar-refractivity contribution is -0.156. The van der Waals surface area contributed by atoms with Crippen molar-refractivity contribution in [2.75, 3.05) is 6.16 Å². The van der Waals surface area contributed by atoms with E-state index in [4.69, 9.17) is 9.79 Å². The summed E-state index contributed by atoms with van der Waals surface area (Å²) in [6, 6.07) is 0. The summed E-state index contributed by atoms with van der Waals surface area (Å²) in [7, 11) is -3.83. The van der Waals surface area contributed by atoms with Crippen molar-refractivity contribution in [3.63, 3.8) is 0 Å². The quantitative estimate of drug-likeness (QED) is 0.188. The van der Waals surface area contributed by atoms with Gasteiger partial charge in [0, 0.05) is 18.7 Å². The number of carbonyl (C=O) groups is 2.